The van der Waals surface area contributed by atoms with Crippen LogP contribution in [0.15, 0.2) is 18.2 Å². The Balaban J connectivity index is 1.93. The Bertz CT molecular complexity index is 704. The van der Waals surface area contributed by atoms with Crippen LogP contribution < -0.4 is 4.74 Å². The standard InChI is InChI=1S/C19H27ClO4S/c1-13(2)25(22,23)12-14-4-6-15(7-5-14)18(21)11-16-10-17(20)8-9-19(16)24-3/h8-10,13-15H,4-7,11-12H2,1-3H3. The summed E-state index contributed by atoms with van der Waals surface area (Å²) in [7, 11) is -1.43. The molecule has 6 heteroatoms. The first-order valence-corrected chi connectivity index (χ1v) is 10.9. The molecule has 0 spiro atoms. The predicted octanol–water partition coefficient (Wildman–Crippen LogP) is 4.09. The number of hydrogen-bond acceptors (Lipinski definition) is 4. The van der Waals surface area contributed by atoms with E-state index in [4.69, 9.17) is 16.3 Å². The summed E-state index contributed by atoms with van der Waals surface area (Å²) in [6.07, 6.45) is 3.44. The van der Waals surface area contributed by atoms with Crippen LogP contribution in [0.5, 0.6) is 5.75 Å². The van der Waals surface area contributed by atoms with Gasteiger partial charge in [-0.3, -0.25) is 4.79 Å². The average Bonchev–Trinajstić information content (AvgIpc) is 2.55. The van der Waals surface area contributed by atoms with Crippen LogP contribution in [0, 0.1) is 11.8 Å². The lowest BCUT2D eigenvalue weighted by Crippen LogP contribution is -2.29. The minimum atomic E-state index is -3.01. The van der Waals surface area contributed by atoms with Gasteiger partial charge in [-0.25, -0.2) is 8.42 Å². The molecule has 0 heterocycles. The van der Waals surface area contributed by atoms with Crippen LogP contribution in [0.3, 0.4) is 0 Å². The molecule has 0 aliphatic heterocycles. The van der Waals surface area contributed by atoms with Crippen molar-refractivity contribution in [2.45, 2.75) is 51.2 Å². The highest BCUT2D eigenvalue weighted by Gasteiger charge is 2.30. The summed E-state index contributed by atoms with van der Waals surface area (Å²) in [5.74, 6) is 1.28. The number of halogens is 1. The number of carbonyl (C=O) groups excluding carboxylic acids is 1. The quantitative estimate of drug-likeness (QED) is 0.708. The molecular formula is C19H27ClO4S. The number of methoxy groups -OCH3 is 1. The van der Waals surface area contributed by atoms with Gasteiger partial charge in [-0.15, -0.1) is 0 Å². The summed E-state index contributed by atoms with van der Waals surface area (Å²) in [6.45, 7) is 3.45. The topological polar surface area (TPSA) is 60.4 Å². The summed E-state index contributed by atoms with van der Waals surface area (Å²) >= 11 is 6.03. The monoisotopic (exact) mass is 386 g/mol. The molecule has 1 aromatic rings. The first kappa shape index (κ1) is 20.2. The number of benzene rings is 1. The maximum absolute atomic E-state index is 12.6. The summed E-state index contributed by atoms with van der Waals surface area (Å²) in [6, 6.07) is 5.30. The van der Waals surface area contributed by atoms with E-state index in [-0.39, 0.29) is 28.6 Å². The lowest BCUT2D eigenvalue weighted by Gasteiger charge is -2.28. The molecule has 2 rings (SSSR count). The molecule has 1 fully saturated rings. The van der Waals surface area contributed by atoms with Gasteiger partial charge in [-0.05, 0) is 63.6 Å². The van der Waals surface area contributed by atoms with Crippen molar-refractivity contribution in [3.8, 4) is 5.75 Å². The number of hydrogen-bond donors (Lipinski definition) is 0. The molecule has 0 aromatic heterocycles. The van der Waals surface area contributed by atoms with Crippen LogP contribution >= 0.6 is 11.6 Å². The largest absolute Gasteiger partial charge is 0.496 e. The number of ether oxygens (including phenoxy) is 1. The van der Waals surface area contributed by atoms with Crippen LogP contribution in [0.25, 0.3) is 0 Å². The minimum absolute atomic E-state index is 0.00157. The third kappa shape index (κ3) is 5.45. The smallest absolute Gasteiger partial charge is 0.152 e. The summed E-state index contributed by atoms with van der Waals surface area (Å²) in [4.78, 5) is 12.6. The molecular weight excluding hydrogens is 360 g/mol. The van der Waals surface area contributed by atoms with Crippen LogP contribution in [0.4, 0.5) is 0 Å². The lowest BCUT2D eigenvalue weighted by atomic mass is 9.79. The highest BCUT2D eigenvalue weighted by atomic mass is 35.5. The summed E-state index contributed by atoms with van der Waals surface area (Å²) in [5, 5.41) is 0.258. The van der Waals surface area contributed by atoms with Gasteiger partial charge in [0.15, 0.2) is 9.84 Å². The molecule has 0 unspecified atom stereocenters. The van der Waals surface area contributed by atoms with E-state index in [0.29, 0.717) is 17.2 Å². The van der Waals surface area contributed by atoms with Gasteiger partial charge in [0.2, 0.25) is 0 Å². The first-order chi connectivity index (χ1) is 11.7. The van der Waals surface area contributed by atoms with E-state index in [9.17, 15) is 13.2 Å². The zero-order chi connectivity index (χ0) is 18.6. The second-order valence-corrected chi connectivity index (χ2v) is 10.2. The van der Waals surface area contributed by atoms with E-state index in [0.717, 1.165) is 31.2 Å². The number of Topliss-reactive ketones (excluding diaryl/α,β-unsaturated/α-hetero) is 1. The number of carbonyl (C=O) groups is 1. The fraction of sp³-hybridized carbons (Fsp3) is 0.632. The molecule has 25 heavy (non-hydrogen) atoms. The molecule has 1 aromatic carbocycles. The van der Waals surface area contributed by atoms with Gasteiger partial charge in [-0.2, -0.15) is 0 Å². The van der Waals surface area contributed by atoms with Crippen LogP contribution in [-0.2, 0) is 21.1 Å². The Morgan fingerprint density at radius 1 is 1.24 bits per heavy atom. The highest BCUT2D eigenvalue weighted by molar-refractivity contribution is 7.91. The second kappa shape index (κ2) is 8.54. The molecule has 0 saturated heterocycles. The molecule has 0 bridgehead atoms. The first-order valence-electron chi connectivity index (χ1n) is 8.79. The van der Waals surface area contributed by atoms with Crippen molar-refractivity contribution in [2.75, 3.05) is 12.9 Å². The zero-order valence-electron chi connectivity index (χ0n) is 15.1. The number of sulfone groups is 1. The van der Waals surface area contributed by atoms with E-state index >= 15 is 0 Å². The van der Waals surface area contributed by atoms with Gasteiger partial charge < -0.3 is 4.74 Å². The van der Waals surface area contributed by atoms with E-state index in [1.54, 1.807) is 39.2 Å². The lowest BCUT2D eigenvalue weighted by molar-refractivity contribution is -0.123. The third-order valence-electron chi connectivity index (χ3n) is 5.10. The molecule has 1 aliphatic rings. The van der Waals surface area contributed by atoms with Crippen molar-refractivity contribution in [3.63, 3.8) is 0 Å². The Kier molecular flexibility index (Phi) is 6.92. The fourth-order valence-electron chi connectivity index (χ4n) is 3.39. The van der Waals surface area contributed by atoms with Gasteiger partial charge in [-0.1, -0.05) is 11.6 Å². The van der Waals surface area contributed by atoms with Crippen molar-refractivity contribution >= 4 is 27.2 Å². The molecule has 1 saturated carbocycles. The number of rotatable bonds is 7. The summed E-state index contributed by atoms with van der Waals surface area (Å²) < 4.78 is 29.4. The van der Waals surface area contributed by atoms with Crippen molar-refractivity contribution in [3.05, 3.63) is 28.8 Å². The molecule has 1 aliphatic carbocycles. The van der Waals surface area contributed by atoms with E-state index in [2.05, 4.69) is 0 Å². The Hall–Kier alpha value is -1.07. The van der Waals surface area contributed by atoms with Gasteiger partial charge >= 0.3 is 0 Å². The minimum Gasteiger partial charge on any atom is -0.496 e. The normalized spacial score (nSPS) is 21.3. The fourth-order valence-corrected chi connectivity index (χ4v) is 4.96. The van der Waals surface area contributed by atoms with Gasteiger partial charge in [0.05, 0.1) is 18.1 Å². The molecule has 0 atom stereocenters. The van der Waals surface area contributed by atoms with Crippen molar-refractivity contribution < 1.29 is 17.9 Å². The summed E-state index contributed by atoms with van der Waals surface area (Å²) in [5.41, 5.74) is 0.810. The number of ketones is 1. The van der Waals surface area contributed by atoms with Crippen molar-refractivity contribution in [1.82, 2.24) is 0 Å². The predicted molar refractivity (Wildman–Crippen MR) is 101 cm³/mol. The van der Waals surface area contributed by atoms with Crippen LogP contribution in [0.1, 0.15) is 45.1 Å². The SMILES string of the molecule is COc1ccc(Cl)cc1CC(=O)C1CCC(CS(=O)(=O)C(C)C)CC1. The van der Waals surface area contributed by atoms with E-state index in [1.807, 2.05) is 0 Å². The van der Waals surface area contributed by atoms with Crippen molar-refractivity contribution in [1.29, 1.82) is 0 Å². The Labute approximate surface area is 155 Å². The third-order valence-corrected chi connectivity index (χ3v) is 7.70. The van der Waals surface area contributed by atoms with E-state index < -0.39 is 9.84 Å². The molecule has 4 nitrogen and oxygen atoms in total. The molecule has 0 amide bonds. The van der Waals surface area contributed by atoms with Crippen molar-refractivity contribution in [2.24, 2.45) is 11.8 Å². The average molecular weight is 387 g/mol. The van der Waals surface area contributed by atoms with Gasteiger partial charge in [0, 0.05) is 22.9 Å². The maximum Gasteiger partial charge on any atom is 0.152 e. The Morgan fingerprint density at radius 2 is 1.88 bits per heavy atom. The molecule has 0 N–H and O–H groups in total. The molecule has 0 radical (unpaired) electrons. The van der Waals surface area contributed by atoms with Gasteiger partial charge in [0.25, 0.3) is 0 Å². The Morgan fingerprint density at radius 3 is 2.44 bits per heavy atom. The zero-order valence-corrected chi connectivity index (χ0v) is 16.7. The second-order valence-electron chi connectivity index (χ2n) is 7.20. The van der Waals surface area contributed by atoms with E-state index in [1.165, 1.54) is 0 Å². The van der Waals surface area contributed by atoms with Gasteiger partial charge in [0.1, 0.15) is 11.5 Å². The molecule has 140 valence electrons. The van der Waals surface area contributed by atoms with Crippen LogP contribution in [0.2, 0.25) is 5.02 Å². The maximum atomic E-state index is 12.6. The highest BCUT2D eigenvalue weighted by Crippen LogP contribution is 2.32. The van der Waals surface area contributed by atoms with Crippen LogP contribution in [-0.4, -0.2) is 32.3 Å².